The standard InChI is InChI=1S/C48H60N12O16S4/c1-29(63)25-59(26-30(2)64)47-55-43(49-35-11-15-39(16-12-35)78(68,69)21-19-61)53-45(57-47)51-37-9-7-33(41(23-37)77-76-75-67)5-6-34-8-10-38(24-42(34)80(72,73)74)52-46-54-44(56-48(58-46)60(27-31(3)65)28-32(4)66)50-36-13-17-40(18-14-36)79(70,71)22-20-62/h5-18,23-24,29-32,61-67H,19-22,25-28H2,1-4H3,(H,72,73,74)(H2,49,51,53,55,57)(H2,50,52,54,56,58)/b6-5+. The zero-order valence-corrected chi connectivity index (χ0v) is 46.5. The largest absolute Gasteiger partial charge is 0.395 e. The molecule has 28 nitrogen and oxygen atoms in total. The van der Waals surface area contributed by atoms with E-state index in [-0.39, 0.29) is 87.8 Å². The molecule has 0 bridgehead atoms. The average molecular weight is 1190 g/mol. The van der Waals surface area contributed by atoms with Crippen LogP contribution in [0.25, 0.3) is 12.2 Å². The van der Waals surface area contributed by atoms with Gasteiger partial charge in [-0.3, -0.25) is 4.55 Å². The Kier molecular flexibility index (Phi) is 21.9. The van der Waals surface area contributed by atoms with E-state index in [9.17, 15) is 60.4 Å². The van der Waals surface area contributed by atoms with Crippen LogP contribution in [0, 0.1) is 0 Å². The lowest BCUT2D eigenvalue weighted by Gasteiger charge is -2.26. The average Bonchev–Trinajstić information content (AvgIpc) is 3.42. The maximum Gasteiger partial charge on any atom is 0.295 e. The number of nitrogens with zero attached hydrogens (tertiary/aromatic N) is 8. The van der Waals surface area contributed by atoms with Gasteiger partial charge in [0.05, 0.1) is 71.0 Å². The van der Waals surface area contributed by atoms with E-state index in [2.05, 4.69) is 56.2 Å². The van der Waals surface area contributed by atoms with Crippen molar-refractivity contribution in [2.24, 2.45) is 0 Å². The van der Waals surface area contributed by atoms with Crippen LogP contribution >= 0.6 is 12.0 Å². The van der Waals surface area contributed by atoms with Gasteiger partial charge in [0.2, 0.25) is 35.7 Å². The molecule has 0 saturated heterocycles. The third-order valence-electron chi connectivity index (χ3n) is 10.8. The summed E-state index contributed by atoms with van der Waals surface area (Å²) in [5, 5.41) is 84.6. The zero-order valence-electron chi connectivity index (χ0n) is 43.3. The predicted octanol–water partition coefficient (Wildman–Crippen LogP) is 3.54. The Morgan fingerprint density at radius 3 is 1.24 bits per heavy atom. The first-order valence-electron chi connectivity index (χ1n) is 24.1. The quantitative estimate of drug-likeness (QED) is 0.0101. The van der Waals surface area contributed by atoms with Gasteiger partial charge in [0.1, 0.15) is 4.90 Å². The molecular formula is C48H60N12O16S4. The molecule has 0 aliphatic rings. The Morgan fingerprint density at radius 1 is 0.525 bits per heavy atom. The second kappa shape index (κ2) is 28.1. The van der Waals surface area contributed by atoms with Gasteiger partial charge in [-0.25, -0.2) is 22.1 Å². The summed E-state index contributed by atoms with van der Waals surface area (Å²) in [6.45, 7) is 4.93. The van der Waals surface area contributed by atoms with E-state index in [1.54, 1.807) is 12.1 Å². The molecule has 6 aromatic rings. The molecule has 4 atom stereocenters. The van der Waals surface area contributed by atoms with Crippen molar-refractivity contribution in [3.05, 3.63) is 96.1 Å². The van der Waals surface area contributed by atoms with Crippen LogP contribution in [0.1, 0.15) is 38.8 Å². The third kappa shape index (κ3) is 18.4. The summed E-state index contributed by atoms with van der Waals surface area (Å²) in [6, 6.07) is 19.8. The number of aliphatic hydroxyl groups excluding tert-OH is 6. The highest BCUT2D eigenvalue weighted by Gasteiger charge is 2.23. The number of nitrogens with one attached hydrogen (secondary N) is 4. The summed E-state index contributed by atoms with van der Waals surface area (Å²) in [6.07, 6.45) is -0.740. The van der Waals surface area contributed by atoms with Crippen molar-refractivity contribution in [2.75, 3.05) is 82.0 Å². The molecule has 12 N–H and O–H groups in total. The summed E-state index contributed by atoms with van der Waals surface area (Å²) in [7, 11) is -12.4. The molecule has 0 amide bonds. The minimum absolute atomic E-state index is 0.00258. The molecule has 4 unspecified atom stereocenters. The van der Waals surface area contributed by atoms with Crippen molar-refractivity contribution in [3.8, 4) is 0 Å². The molecule has 432 valence electrons. The Balaban J connectivity index is 1.32. The van der Waals surface area contributed by atoms with Crippen LogP contribution in [0.15, 0.2) is 105 Å². The lowest BCUT2D eigenvalue weighted by atomic mass is 10.1. The summed E-state index contributed by atoms with van der Waals surface area (Å²) < 4.78 is 91.3. The van der Waals surface area contributed by atoms with Crippen LogP contribution < -0.4 is 31.1 Å². The smallest absolute Gasteiger partial charge is 0.295 e. The normalized spacial score (nSPS) is 13.6. The molecule has 0 aliphatic carbocycles. The molecular weight excluding hydrogens is 1130 g/mol. The summed E-state index contributed by atoms with van der Waals surface area (Å²) in [5.74, 6) is -1.28. The fourth-order valence-corrected chi connectivity index (χ4v) is 10.8. The van der Waals surface area contributed by atoms with Crippen molar-refractivity contribution in [1.29, 1.82) is 0 Å². The van der Waals surface area contributed by atoms with Crippen LogP contribution in [-0.4, -0.2) is 171 Å². The summed E-state index contributed by atoms with van der Waals surface area (Å²) in [5.41, 5.74) is 1.46. The molecule has 2 aromatic heterocycles. The van der Waals surface area contributed by atoms with Crippen LogP contribution in [0.3, 0.4) is 0 Å². The highest BCUT2D eigenvalue weighted by molar-refractivity contribution is 7.94. The molecule has 80 heavy (non-hydrogen) atoms. The number of aromatic nitrogens is 6. The van der Waals surface area contributed by atoms with Gasteiger partial charge in [-0.15, -0.1) is 4.33 Å². The van der Waals surface area contributed by atoms with E-state index < -0.39 is 83.8 Å². The molecule has 0 fully saturated rings. The monoisotopic (exact) mass is 1190 g/mol. The van der Waals surface area contributed by atoms with Gasteiger partial charge >= 0.3 is 0 Å². The molecule has 4 aromatic carbocycles. The minimum atomic E-state index is -4.95. The maximum absolute atomic E-state index is 13.0. The van der Waals surface area contributed by atoms with Crippen molar-refractivity contribution in [1.82, 2.24) is 29.9 Å². The van der Waals surface area contributed by atoms with E-state index in [1.807, 2.05) is 0 Å². The highest BCUT2D eigenvalue weighted by atomic mass is 32.2. The van der Waals surface area contributed by atoms with Gasteiger partial charge in [-0.05, 0) is 112 Å². The molecule has 0 saturated carbocycles. The van der Waals surface area contributed by atoms with E-state index >= 15 is 0 Å². The SMILES string of the molecule is CC(O)CN(CC(C)O)c1nc(Nc2ccc(S(=O)(=O)CCO)cc2)nc(Nc2ccc(/C=C/c3ccc(Nc4nc(Nc5ccc(S(=O)(=O)CCO)cc5)nc(N(CC(C)O)CC(C)O)n4)cc3S(=O)(=O)O)c(SOOO)c2)n1. The molecule has 0 radical (unpaired) electrons. The summed E-state index contributed by atoms with van der Waals surface area (Å²) >= 11 is 0.552. The topological polar surface area (TPSA) is 415 Å². The first-order valence-corrected chi connectivity index (χ1v) is 29.6. The fraction of sp³-hybridized carbons (Fsp3) is 0.333. The van der Waals surface area contributed by atoms with E-state index in [1.165, 1.54) is 116 Å². The first kappa shape index (κ1) is 62.4. The third-order valence-corrected chi connectivity index (χ3v) is 15.8. The number of anilines is 10. The minimum Gasteiger partial charge on any atom is -0.395 e. The fourth-order valence-electron chi connectivity index (χ4n) is 7.50. The lowest BCUT2D eigenvalue weighted by Crippen LogP contribution is -2.37. The van der Waals surface area contributed by atoms with Gasteiger partial charge in [0, 0.05) is 53.8 Å². The molecule has 6 rings (SSSR count). The second-order valence-corrected chi connectivity index (χ2v) is 24.3. The predicted molar refractivity (Wildman–Crippen MR) is 297 cm³/mol. The Labute approximate surface area is 464 Å². The van der Waals surface area contributed by atoms with Crippen molar-refractivity contribution in [2.45, 2.75) is 71.7 Å². The summed E-state index contributed by atoms with van der Waals surface area (Å²) in [4.78, 5) is 29.5. The van der Waals surface area contributed by atoms with Crippen LogP contribution in [-0.2, 0) is 39.2 Å². The van der Waals surface area contributed by atoms with Gasteiger partial charge in [0.25, 0.3) is 10.1 Å². The van der Waals surface area contributed by atoms with Gasteiger partial charge < -0.3 is 61.7 Å². The highest BCUT2D eigenvalue weighted by Crippen LogP contribution is 2.32. The number of sulfone groups is 2. The van der Waals surface area contributed by atoms with Gasteiger partial charge in [0.15, 0.2) is 19.7 Å². The van der Waals surface area contributed by atoms with Crippen molar-refractivity contribution < 1.29 is 75.1 Å². The van der Waals surface area contributed by atoms with Crippen LogP contribution in [0.2, 0.25) is 0 Å². The van der Waals surface area contributed by atoms with Crippen LogP contribution in [0.5, 0.6) is 0 Å². The van der Waals surface area contributed by atoms with Gasteiger partial charge in [-0.1, -0.05) is 29.3 Å². The molecule has 0 aliphatic heterocycles. The van der Waals surface area contributed by atoms with Gasteiger partial charge in [-0.2, -0.15) is 38.3 Å². The lowest BCUT2D eigenvalue weighted by molar-refractivity contribution is -0.432. The van der Waals surface area contributed by atoms with E-state index in [4.69, 9.17) is 9.59 Å². The van der Waals surface area contributed by atoms with E-state index in [0.29, 0.717) is 34.7 Å². The second-order valence-electron chi connectivity index (χ2n) is 17.9. The number of benzene rings is 4. The zero-order chi connectivity index (χ0) is 58.4. The maximum atomic E-state index is 13.0. The molecule has 2 heterocycles. The van der Waals surface area contributed by atoms with E-state index in [0.717, 1.165) is 6.07 Å². The van der Waals surface area contributed by atoms with Crippen molar-refractivity contribution in [3.63, 3.8) is 0 Å². The number of hydrogen-bond donors (Lipinski definition) is 12. The number of hydrogen-bond acceptors (Lipinski definition) is 28. The Bertz CT molecular complexity index is 3400. The Hall–Kier alpha value is -6.76. The number of aliphatic hydroxyl groups is 6. The van der Waals surface area contributed by atoms with Crippen molar-refractivity contribution >= 4 is 112 Å². The molecule has 32 heteroatoms. The Morgan fingerprint density at radius 2 is 0.875 bits per heavy atom. The first-order chi connectivity index (χ1) is 37.8. The molecule has 0 spiro atoms. The van der Waals surface area contributed by atoms with Crippen LogP contribution in [0.4, 0.5) is 58.4 Å². The number of rotatable bonds is 30.